The largest absolute Gasteiger partial charge is 0.394 e. The van der Waals surface area contributed by atoms with Gasteiger partial charge in [-0.1, -0.05) is 0 Å². The van der Waals surface area contributed by atoms with Crippen molar-refractivity contribution in [3.8, 4) is 0 Å². The third-order valence-electron chi connectivity index (χ3n) is 2.65. The molecule has 2 rings (SSSR count). The van der Waals surface area contributed by atoms with E-state index in [-0.39, 0.29) is 17.6 Å². The Morgan fingerprint density at radius 2 is 2.23 bits per heavy atom. The summed E-state index contributed by atoms with van der Waals surface area (Å²) < 4.78 is 1.64. The number of nitrogen functional groups attached to an aromatic ring is 1. The maximum absolute atomic E-state index is 11.5. The average molecular weight is 179 g/mol. The lowest BCUT2D eigenvalue weighted by atomic mass is 9.87. The van der Waals surface area contributed by atoms with Crippen LogP contribution in [0.5, 0.6) is 0 Å². The molecule has 1 aliphatic carbocycles. The zero-order chi connectivity index (χ0) is 9.42. The highest BCUT2D eigenvalue weighted by molar-refractivity contribution is 5.34. The number of hydrogen-bond acceptors (Lipinski definition) is 3. The minimum absolute atomic E-state index is 0.111. The highest BCUT2D eigenvalue weighted by Crippen LogP contribution is 2.29. The van der Waals surface area contributed by atoms with Crippen molar-refractivity contribution in [2.75, 3.05) is 5.73 Å². The van der Waals surface area contributed by atoms with Gasteiger partial charge < -0.3 is 16.0 Å². The van der Waals surface area contributed by atoms with Crippen LogP contribution in [0.15, 0.2) is 23.1 Å². The fraction of sp³-hybridized carbons (Fsp3) is 0.444. The molecule has 0 unspecified atom stereocenters. The summed E-state index contributed by atoms with van der Waals surface area (Å²) in [6, 6.07) is 3.65. The van der Waals surface area contributed by atoms with Crippen molar-refractivity contribution in [1.29, 1.82) is 0 Å². The first-order valence-electron chi connectivity index (χ1n) is 4.42. The number of hydrogen-bond donors (Lipinski definition) is 2. The standard InChI is InChI=1S/C9H13N3O/c10-6-3-4-8(6)12-5-1-2-7(11)9(12)13/h1-2,5-6,8H,3-4,10-11H2/t6-,8-/m0/s1. The summed E-state index contributed by atoms with van der Waals surface area (Å²) in [5.41, 5.74) is 11.5. The molecule has 0 aliphatic heterocycles. The molecule has 70 valence electrons. The van der Waals surface area contributed by atoms with E-state index in [9.17, 15) is 4.79 Å². The quantitative estimate of drug-likeness (QED) is 0.641. The second-order valence-electron chi connectivity index (χ2n) is 3.48. The Morgan fingerprint density at radius 3 is 2.77 bits per heavy atom. The molecule has 13 heavy (non-hydrogen) atoms. The van der Waals surface area contributed by atoms with Gasteiger partial charge in [-0.3, -0.25) is 4.79 Å². The van der Waals surface area contributed by atoms with Crippen molar-refractivity contribution < 1.29 is 0 Å². The number of rotatable bonds is 1. The van der Waals surface area contributed by atoms with Crippen LogP contribution < -0.4 is 17.0 Å². The van der Waals surface area contributed by atoms with Crippen molar-refractivity contribution in [2.45, 2.75) is 24.9 Å². The fourth-order valence-corrected chi connectivity index (χ4v) is 1.64. The Labute approximate surface area is 76.2 Å². The monoisotopic (exact) mass is 179 g/mol. The lowest BCUT2D eigenvalue weighted by molar-refractivity contribution is 0.253. The molecule has 0 bridgehead atoms. The molecule has 0 radical (unpaired) electrons. The van der Waals surface area contributed by atoms with Crippen LogP contribution in [-0.4, -0.2) is 10.6 Å². The Hall–Kier alpha value is -1.29. The first-order chi connectivity index (χ1) is 6.20. The topological polar surface area (TPSA) is 74.0 Å². The predicted molar refractivity (Wildman–Crippen MR) is 51.4 cm³/mol. The predicted octanol–water partition coefficient (Wildman–Crippen LogP) is 0.0927. The van der Waals surface area contributed by atoms with E-state index >= 15 is 0 Å². The van der Waals surface area contributed by atoms with Crippen molar-refractivity contribution >= 4 is 5.69 Å². The van der Waals surface area contributed by atoms with E-state index in [0.717, 1.165) is 12.8 Å². The van der Waals surface area contributed by atoms with E-state index in [2.05, 4.69) is 0 Å². The van der Waals surface area contributed by atoms with Gasteiger partial charge in [-0.15, -0.1) is 0 Å². The summed E-state index contributed by atoms with van der Waals surface area (Å²) in [6.07, 6.45) is 3.72. The van der Waals surface area contributed by atoms with Gasteiger partial charge in [-0.2, -0.15) is 0 Å². The molecule has 4 nitrogen and oxygen atoms in total. The minimum atomic E-state index is -0.123. The van der Waals surface area contributed by atoms with E-state index < -0.39 is 0 Å². The maximum atomic E-state index is 11.5. The van der Waals surface area contributed by atoms with Gasteiger partial charge in [0.25, 0.3) is 5.56 Å². The van der Waals surface area contributed by atoms with Crippen LogP contribution in [0.4, 0.5) is 5.69 Å². The van der Waals surface area contributed by atoms with Gasteiger partial charge in [-0.25, -0.2) is 0 Å². The van der Waals surface area contributed by atoms with Crippen LogP contribution in [0.2, 0.25) is 0 Å². The zero-order valence-electron chi connectivity index (χ0n) is 7.31. The zero-order valence-corrected chi connectivity index (χ0v) is 7.31. The summed E-state index contributed by atoms with van der Waals surface area (Å²) >= 11 is 0. The Bertz CT molecular complexity index is 371. The molecule has 0 saturated heterocycles. The smallest absolute Gasteiger partial charge is 0.273 e. The second kappa shape index (κ2) is 2.88. The Kier molecular flexibility index (Phi) is 1.84. The lowest BCUT2D eigenvalue weighted by Gasteiger charge is -2.34. The molecule has 4 N–H and O–H groups in total. The second-order valence-corrected chi connectivity index (χ2v) is 3.48. The van der Waals surface area contributed by atoms with E-state index in [1.807, 2.05) is 0 Å². The van der Waals surface area contributed by atoms with Crippen molar-refractivity contribution in [2.24, 2.45) is 5.73 Å². The SMILES string of the molecule is Nc1cccn([C@H]2CC[C@@H]2N)c1=O. The van der Waals surface area contributed by atoms with E-state index in [1.165, 1.54) is 0 Å². The van der Waals surface area contributed by atoms with Gasteiger partial charge in [0.05, 0.1) is 11.7 Å². The molecule has 0 amide bonds. The molecule has 0 aromatic carbocycles. The fourth-order valence-electron chi connectivity index (χ4n) is 1.64. The first-order valence-corrected chi connectivity index (χ1v) is 4.42. The minimum Gasteiger partial charge on any atom is -0.394 e. The molecule has 1 fully saturated rings. The molecule has 1 heterocycles. The summed E-state index contributed by atoms with van der Waals surface area (Å²) in [5.74, 6) is 0. The van der Waals surface area contributed by atoms with Crippen LogP contribution >= 0.6 is 0 Å². The third kappa shape index (κ3) is 1.23. The summed E-state index contributed by atoms with van der Waals surface area (Å²) in [6.45, 7) is 0. The Morgan fingerprint density at radius 1 is 1.46 bits per heavy atom. The van der Waals surface area contributed by atoms with Crippen LogP contribution in [-0.2, 0) is 0 Å². The number of nitrogens with two attached hydrogens (primary N) is 2. The van der Waals surface area contributed by atoms with Crippen molar-refractivity contribution in [3.63, 3.8) is 0 Å². The van der Waals surface area contributed by atoms with Gasteiger partial charge in [-0.05, 0) is 25.0 Å². The summed E-state index contributed by atoms with van der Waals surface area (Å²) in [4.78, 5) is 11.5. The van der Waals surface area contributed by atoms with Gasteiger partial charge in [0, 0.05) is 12.2 Å². The molecule has 0 spiro atoms. The normalized spacial score (nSPS) is 26.8. The van der Waals surface area contributed by atoms with E-state index in [0.29, 0.717) is 5.69 Å². The van der Waals surface area contributed by atoms with Gasteiger partial charge >= 0.3 is 0 Å². The van der Waals surface area contributed by atoms with E-state index in [1.54, 1.807) is 22.9 Å². The molecule has 1 aromatic rings. The van der Waals surface area contributed by atoms with Crippen LogP contribution in [0.25, 0.3) is 0 Å². The molecular formula is C9H13N3O. The van der Waals surface area contributed by atoms with Crippen molar-refractivity contribution in [1.82, 2.24) is 4.57 Å². The first kappa shape index (κ1) is 8.31. The lowest BCUT2D eigenvalue weighted by Crippen LogP contribution is -2.44. The van der Waals surface area contributed by atoms with Crippen LogP contribution in [0.3, 0.4) is 0 Å². The summed E-state index contributed by atoms with van der Waals surface area (Å²) in [7, 11) is 0. The molecule has 1 aliphatic rings. The van der Waals surface area contributed by atoms with Gasteiger partial charge in [0.1, 0.15) is 0 Å². The number of anilines is 1. The van der Waals surface area contributed by atoms with Gasteiger partial charge in [0.15, 0.2) is 0 Å². The highest BCUT2D eigenvalue weighted by atomic mass is 16.1. The summed E-state index contributed by atoms with van der Waals surface area (Å²) in [5, 5.41) is 0. The molecule has 1 aromatic heterocycles. The van der Waals surface area contributed by atoms with Gasteiger partial charge in [0.2, 0.25) is 0 Å². The molecular weight excluding hydrogens is 166 g/mol. The van der Waals surface area contributed by atoms with Crippen LogP contribution in [0.1, 0.15) is 18.9 Å². The molecule has 4 heteroatoms. The third-order valence-corrected chi connectivity index (χ3v) is 2.65. The number of pyridine rings is 1. The molecule has 1 saturated carbocycles. The maximum Gasteiger partial charge on any atom is 0.273 e. The average Bonchev–Trinajstić information content (AvgIpc) is 2.10. The van der Waals surface area contributed by atoms with Crippen molar-refractivity contribution in [3.05, 3.63) is 28.7 Å². The van der Waals surface area contributed by atoms with Crippen LogP contribution in [0, 0.1) is 0 Å². The molecule has 2 atom stereocenters. The van der Waals surface area contributed by atoms with E-state index in [4.69, 9.17) is 11.5 Å². The number of nitrogens with zero attached hydrogens (tertiary/aromatic N) is 1. The number of aromatic nitrogens is 1. The Balaban J connectivity index is 2.40. The highest BCUT2D eigenvalue weighted by Gasteiger charge is 2.29.